The topological polar surface area (TPSA) is 84.3 Å². The summed E-state index contributed by atoms with van der Waals surface area (Å²) < 4.78 is 5.39. The van der Waals surface area contributed by atoms with Crippen molar-refractivity contribution in [1.82, 2.24) is 9.97 Å². The number of benzene rings is 1. The van der Waals surface area contributed by atoms with Crippen molar-refractivity contribution in [3.05, 3.63) is 40.0 Å². The third-order valence-electron chi connectivity index (χ3n) is 3.70. The molecule has 124 valence electrons. The Morgan fingerprint density at radius 3 is 2.67 bits per heavy atom. The van der Waals surface area contributed by atoms with Gasteiger partial charge in [0.05, 0.1) is 18.2 Å². The lowest BCUT2D eigenvalue weighted by Crippen LogP contribution is -2.01. The average molecular weight is 343 g/mol. The van der Waals surface area contributed by atoms with Crippen LogP contribution in [-0.4, -0.2) is 28.2 Å². The first kappa shape index (κ1) is 16.2. The third-order valence-corrected chi connectivity index (χ3v) is 4.88. The smallest absolute Gasteiger partial charge is 0.346 e. The number of fused-ring (bicyclic) bond motifs is 1. The lowest BCUT2D eigenvalue weighted by Gasteiger charge is -2.13. The van der Waals surface area contributed by atoms with Crippen molar-refractivity contribution in [2.75, 3.05) is 12.4 Å². The Kier molecular flexibility index (Phi) is 4.11. The second-order valence-electron chi connectivity index (χ2n) is 5.49. The Hall–Kier alpha value is -2.67. The van der Waals surface area contributed by atoms with Gasteiger partial charge in [0.1, 0.15) is 27.1 Å². The Labute approximate surface area is 143 Å². The molecule has 0 aliphatic rings. The number of methoxy groups -OCH3 is 1. The van der Waals surface area contributed by atoms with E-state index in [0.717, 1.165) is 28.0 Å². The number of rotatable bonds is 4. The fourth-order valence-electron chi connectivity index (χ4n) is 2.59. The maximum atomic E-state index is 11.4. The maximum Gasteiger partial charge on any atom is 0.346 e. The monoisotopic (exact) mass is 343 g/mol. The molecular weight excluding hydrogens is 326 g/mol. The lowest BCUT2D eigenvalue weighted by molar-refractivity contribution is 0.0701. The molecule has 0 bridgehead atoms. The number of aromatic nitrogens is 2. The van der Waals surface area contributed by atoms with Gasteiger partial charge < -0.3 is 15.2 Å². The molecule has 24 heavy (non-hydrogen) atoms. The number of nitrogens with one attached hydrogen (secondary N) is 1. The Bertz CT molecular complexity index is 950. The number of aromatic carboxylic acids is 1. The van der Waals surface area contributed by atoms with Gasteiger partial charge in [-0.3, -0.25) is 0 Å². The molecule has 0 aliphatic carbocycles. The van der Waals surface area contributed by atoms with E-state index in [9.17, 15) is 9.90 Å². The minimum absolute atomic E-state index is 0.282. The van der Waals surface area contributed by atoms with Crippen LogP contribution in [0.5, 0.6) is 5.75 Å². The molecule has 6 nitrogen and oxygen atoms in total. The average Bonchev–Trinajstić information content (AvgIpc) is 2.84. The van der Waals surface area contributed by atoms with Gasteiger partial charge in [0.15, 0.2) is 0 Å². The van der Waals surface area contributed by atoms with E-state index in [4.69, 9.17) is 4.74 Å². The Balaban J connectivity index is 2.19. The minimum atomic E-state index is -0.952. The van der Waals surface area contributed by atoms with Crippen molar-refractivity contribution in [2.24, 2.45) is 0 Å². The first-order valence-electron chi connectivity index (χ1n) is 7.33. The van der Waals surface area contributed by atoms with Crippen LogP contribution in [0.3, 0.4) is 0 Å². The highest BCUT2D eigenvalue weighted by molar-refractivity contribution is 7.20. The number of hydrogen-bond acceptors (Lipinski definition) is 6. The summed E-state index contributed by atoms with van der Waals surface area (Å²) in [7, 11) is 1.61. The van der Waals surface area contributed by atoms with Crippen LogP contribution in [0.25, 0.3) is 10.2 Å². The van der Waals surface area contributed by atoms with Crippen LogP contribution >= 0.6 is 11.3 Å². The minimum Gasteiger partial charge on any atom is -0.495 e. The molecule has 1 aromatic carbocycles. The molecule has 2 N–H and O–H groups in total. The molecule has 0 aliphatic heterocycles. The highest BCUT2D eigenvalue weighted by Gasteiger charge is 2.20. The van der Waals surface area contributed by atoms with Gasteiger partial charge in [-0.2, -0.15) is 0 Å². The van der Waals surface area contributed by atoms with E-state index in [-0.39, 0.29) is 4.88 Å². The summed E-state index contributed by atoms with van der Waals surface area (Å²) in [4.78, 5) is 21.2. The van der Waals surface area contributed by atoms with Gasteiger partial charge in [-0.1, -0.05) is 6.07 Å². The number of carbonyl (C=O) groups is 1. The Morgan fingerprint density at radius 2 is 2.00 bits per heavy atom. The molecule has 0 atom stereocenters. The van der Waals surface area contributed by atoms with E-state index in [1.54, 1.807) is 21.0 Å². The number of hydrogen-bond donors (Lipinski definition) is 2. The molecule has 7 heteroatoms. The summed E-state index contributed by atoms with van der Waals surface area (Å²) >= 11 is 1.16. The molecule has 0 radical (unpaired) electrons. The van der Waals surface area contributed by atoms with Gasteiger partial charge >= 0.3 is 5.97 Å². The molecule has 0 saturated heterocycles. The zero-order chi connectivity index (χ0) is 17.4. The zero-order valence-corrected chi connectivity index (χ0v) is 14.6. The zero-order valence-electron chi connectivity index (χ0n) is 13.8. The maximum absolute atomic E-state index is 11.4. The molecule has 0 unspecified atom stereocenters. The van der Waals surface area contributed by atoms with Crippen LogP contribution in [-0.2, 0) is 0 Å². The summed E-state index contributed by atoms with van der Waals surface area (Å²) in [5, 5.41) is 13.4. The van der Waals surface area contributed by atoms with E-state index < -0.39 is 5.97 Å². The standard InChI is InChI=1S/C17H17N3O3S/c1-8-5-6-12(23-4)11(7-8)20-15-13-9(2)14(17(21)22)24-16(13)19-10(3)18-15/h5-7H,1-4H3,(H,21,22)(H,18,19,20). The fraction of sp³-hybridized carbons (Fsp3) is 0.235. The fourth-order valence-corrected chi connectivity index (χ4v) is 3.65. The van der Waals surface area contributed by atoms with Crippen LogP contribution in [0.4, 0.5) is 11.5 Å². The van der Waals surface area contributed by atoms with E-state index in [0.29, 0.717) is 27.8 Å². The van der Waals surface area contributed by atoms with Crippen LogP contribution in [0.2, 0.25) is 0 Å². The van der Waals surface area contributed by atoms with Crippen LogP contribution < -0.4 is 10.1 Å². The third kappa shape index (κ3) is 2.78. The number of thiophene rings is 1. The molecule has 0 saturated carbocycles. The lowest BCUT2D eigenvalue weighted by atomic mass is 10.1. The second-order valence-corrected chi connectivity index (χ2v) is 6.49. The molecule has 2 aromatic heterocycles. The number of carboxylic acid groups (broad SMARTS) is 1. The number of aryl methyl sites for hydroxylation is 3. The highest BCUT2D eigenvalue weighted by atomic mass is 32.1. The van der Waals surface area contributed by atoms with Crippen molar-refractivity contribution in [2.45, 2.75) is 20.8 Å². The number of anilines is 2. The number of ether oxygens (including phenoxy) is 1. The Morgan fingerprint density at radius 1 is 1.25 bits per heavy atom. The summed E-state index contributed by atoms with van der Waals surface area (Å²) in [6, 6.07) is 5.80. The molecule has 0 amide bonds. The van der Waals surface area contributed by atoms with Crippen molar-refractivity contribution < 1.29 is 14.6 Å². The molecular formula is C17H17N3O3S. The summed E-state index contributed by atoms with van der Waals surface area (Å²) in [6.45, 7) is 5.55. The van der Waals surface area contributed by atoms with Crippen LogP contribution in [0.15, 0.2) is 18.2 Å². The molecule has 0 fully saturated rings. The molecule has 3 rings (SSSR count). The van der Waals surface area contributed by atoms with Gasteiger partial charge in [0, 0.05) is 0 Å². The van der Waals surface area contributed by atoms with Crippen molar-refractivity contribution in [1.29, 1.82) is 0 Å². The molecule has 2 heterocycles. The predicted octanol–water partition coefficient (Wildman–Crippen LogP) is 4.07. The van der Waals surface area contributed by atoms with E-state index in [2.05, 4.69) is 15.3 Å². The van der Waals surface area contributed by atoms with E-state index in [1.807, 2.05) is 25.1 Å². The SMILES string of the molecule is COc1ccc(C)cc1Nc1nc(C)nc2sc(C(=O)O)c(C)c12. The second kappa shape index (κ2) is 6.09. The van der Waals surface area contributed by atoms with Crippen molar-refractivity contribution in [3.63, 3.8) is 0 Å². The summed E-state index contributed by atoms with van der Waals surface area (Å²) in [5.74, 6) is 0.904. The van der Waals surface area contributed by atoms with Gasteiger partial charge in [-0.25, -0.2) is 14.8 Å². The van der Waals surface area contributed by atoms with Gasteiger partial charge in [0.25, 0.3) is 0 Å². The van der Waals surface area contributed by atoms with E-state index in [1.165, 1.54) is 0 Å². The first-order chi connectivity index (χ1) is 11.4. The summed E-state index contributed by atoms with van der Waals surface area (Å²) in [6.07, 6.45) is 0. The predicted molar refractivity (Wildman–Crippen MR) is 94.9 cm³/mol. The number of nitrogens with zero attached hydrogens (tertiary/aromatic N) is 2. The first-order valence-corrected chi connectivity index (χ1v) is 8.15. The molecule has 0 spiro atoms. The van der Waals surface area contributed by atoms with Gasteiger partial charge in [-0.05, 0) is 44.0 Å². The van der Waals surface area contributed by atoms with Gasteiger partial charge in [-0.15, -0.1) is 11.3 Å². The van der Waals surface area contributed by atoms with Crippen molar-refractivity contribution in [3.8, 4) is 5.75 Å². The highest BCUT2D eigenvalue weighted by Crippen LogP contribution is 2.36. The largest absolute Gasteiger partial charge is 0.495 e. The quantitative estimate of drug-likeness (QED) is 0.743. The summed E-state index contributed by atoms with van der Waals surface area (Å²) in [5.41, 5.74) is 2.52. The van der Waals surface area contributed by atoms with Gasteiger partial charge in [0.2, 0.25) is 0 Å². The normalized spacial score (nSPS) is 10.8. The van der Waals surface area contributed by atoms with Crippen LogP contribution in [0, 0.1) is 20.8 Å². The van der Waals surface area contributed by atoms with Crippen molar-refractivity contribution >= 4 is 39.0 Å². The molecule has 3 aromatic rings. The van der Waals surface area contributed by atoms with Crippen LogP contribution in [0.1, 0.15) is 26.6 Å². The van der Waals surface area contributed by atoms with E-state index >= 15 is 0 Å². The number of carboxylic acids is 1.